The van der Waals surface area contributed by atoms with Gasteiger partial charge in [-0.15, -0.1) is 0 Å². The number of hydrogen-bond acceptors (Lipinski definition) is 3. The summed E-state index contributed by atoms with van der Waals surface area (Å²) < 4.78 is 13.0. The van der Waals surface area contributed by atoms with Crippen molar-refractivity contribution in [2.45, 2.75) is 12.6 Å². The summed E-state index contributed by atoms with van der Waals surface area (Å²) in [4.78, 5) is 4.89. The first-order valence-electron chi connectivity index (χ1n) is 3.99. The van der Waals surface area contributed by atoms with Gasteiger partial charge in [0, 0.05) is 12.6 Å². The first-order chi connectivity index (χ1) is 6.25. The molecule has 4 heteroatoms. The maximum Gasteiger partial charge on any atom is 0.180 e. The minimum absolute atomic E-state index is 0.429. The zero-order chi connectivity index (χ0) is 9.26. The minimum Gasteiger partial charge on any atom is -0.375 e. The normalized spacial score (nSPS) is 21.6. The van der Waals surface area contributed by atoms with E-state index in [1.54, 1.807) is 18.3 Å². The van der Waals surface area contributed by atoms with Gasteiger partial charge in [-0.05, 0) is 5.57 Å². The highest BCUT2D eigenvalue weighted by Gasteiger charge is 2.13. The number of allylic oxidation sites excluding steroid dienone is 4. The van der Waals surface area contributed by atoms with Crippen LogP contribution in [0.3, 0.4) is 0 Å². The lowest BCUT2D eigenvalue weighted by Crippen LogP contribution is -1.99. The van der Waals surface area contributed by atoms with E-state index in [1.165, 1.54) is 11.3 Å². The summed E-state index contributed by atoms with van der Waals surface area (Å²) >= 11 is 1.39. The summed E-state index contributed by atoms with van der Waals surface area (Å²) in [6, 6.07) is 0. The minimum atomic E-state index is -0.872. The fraction of sp³-hybridized carbons (Fsp3) is 0.222. The van der Waals surface area contributed by atoms with Gasteiger partial charge in [-0.1, -0.05) is 29.6 Å². The van der Waals surface area contributed by atoms with E-state index in [-0.39, 0.29) is 0 Å². The molecule has 13 heavy (non-hydrogen) atoms. The highest BCUT2D eigenvalue weighted by molar-refractivity contribution is 7.16. The van der Waals surface area contributed by atoms with E-state index < -0.39 is 6.17 Å². The van der Waals surface area contributed by atoms with Crippen molar-refractivity contribution in [1.29, 1.82) is 0 Å². The molecule has 2 nitrogen and oxygen atoms in total. The first-order valence-corrected chi connectivity index (χ1v) is 4.80. The van der Waals surface area contributed by atoms with Gasteiger partial charge in [0.15, 0.2) is 5.13 Å². The van der Waals surface area contributed by atoms with Gasteiger partial charge < -0.3 is 5.73 Å². The number of alkyl halides is 1. The lowest BCUT2D eigenvalue weighted by molar-refractivity contribution is 0.406. The van der Waals surface area contributed by atoms with Crippen LogP contribution in [0.25, 0.3) is 5.57 Å². The molecular weight excluding hydrogens is 187 g/mol. The summed E-state index contributed by atoms with van der Waals surface area (Å²) in [7, 11) is 0. The maximum atomic E-state index is 13.0. The van der Waals surface area contributed by atoms with Gasteiger partial charge in [-0.25, -0.2) is 9.37 Å². The Hall–Kier alpha value is -1.16. The van der Waals surface area contributed by atoms with E-state index in [1.807, 2.05) is 6.08 Å². The Morgan fingerprint density at radius 3 is 3.08 bits per heavy atom. The molecule has 68 valence electrons. The van der Waals surface area contributed by atoms with Gasteiger partial charge in [0.05, 0.1) is 4.88 Å². The predicted molar refractivity (Wildman–Crippen MR) is 53.2 cm³/mol. The molecule has 0 aliphatic heterocycles. The van der Waals surface area contributed by atoms with Crippen LogP contribution in [0.2, 0.25) is 0 Å². The number of nitrogens with zero attached hydrogens (tertiary/aromatic N) is 1. The Morgan fingerprint density at radius 2 is 2.46 bits per heavy atom. The molecule has 1 aliphatic carbocycles. The van der Waals surface area contributed by atoms with Gasteiger partial charge in [0.2, 0.25) is 0 Å². The van der Waals surface area contributed by atoms with E-state index in [0.29, 0.717) is 11.6 Å². The summed E-state index contributed by atoms with van der Waals surface area (Å²) in [6.45, 7) is 0. The number of hydrogen-bond donors (Lipinski definition) is 1. The Bertz CT molecular complexity index is 367. The molecule has 1 heterocycles. The van der Waals surface area contributed by atoms with Crippen LogP contribution in [0.5, 0.6) is 0 Å². The number of nitrogens with two attached hydrogens (primary N) is 1. The van der Waals surface area contributed by atoms with Crippen molar-refractivity contribution in [3.8, 4) is 0 Å². The number of thiazole rings is 1. The second-order valence-electron chi connectivity index (χ2n) is 2.86. The van der Waals surface area contributed by atoms with Crippen LogP contribution in [0.1, 0.15) is 11.3 Å². The van der Waals surface area contributed by atoms with E-state index >= 15 is 0 Å². The molecule has 0 saturated heterocycles. The Labute approximate surface area is 79.6 Å². The second-order valence-corrected chi connectivity index (χ2v) is 3.92. The molecule has 2 N–H and O–H groups in total. The molecule has 0 fully saturated rings. The fourth-order valence-electron chi connectivity index (χ4n) is 1.26. The summed E-state index contributed by atoms with van der Waals surface area (Å²) in [6.07, 6.45) is 6.44. The Kier molecular flexibility index (Phi) is 2.14. The Balaban J connectivity index is 2.27. The van der Waals surface area contributed by atoms with Gasteiger partial charge >= 0.3 is 0 Å². The average Bonchev–Trinajstić information content (AvgIpc) is 2.52. The molecule has 2 rings (SSSR count). The largest absolute Gasteiger partial charge is 0.375 e. The van der Waals surface area contributed by atoms with Crippen LogP contribution in [0.15, 0.2) is 24.4 Å². The summed E-state index contributed by atoms with van der Waals surface area (Å²) in [5, 5.41) is 0.529. The third-order valence-electron chi connectivity index (χ3n) is 1.87. The number of nitrogen functional groups attached to an aromatic ring is 1. The molecule has 1 aliphatic rings. The Morgan fingerprint density at radius 1 is 1.62 bits per heavy atom. The van der Waals surface area contributed by atoms with Crippen molar-refractivity contribution in [3.63, 3.8) is 0 Å². The zero-order valence-corrected chi connectivity index (χ0v) is 7.72. The number of anilines is 1. The molecule has 0 radical (unpaired) electrons. The van der Waals surface area contributed by atoms with Crippen LogP contribution in [0.4, 0.5) is 9.52 Å². The van der Waals surface area contributed by atoms with Crippen molar-refractivity contribution in [2.24, 2.45) is 0 Å². The first kappa shape index (κ1) is 8.44. The van der Waals surface area contributed by atoms with Gasteiger partial charge in [0.25, 0.3) is 0 Å². The topological polar surface area (TPSA) is 38.9 Å². The highest BCUT2D eigenvalue weighted by Crippen LogP contribution is 2.29. The number of halogens is 1. The summed E-state index contributed by atoms with van der Waals surface area (Å²) in [5.74, 6) is 0. The van der Waals surface area contributed by atoms with Crippen molar-refractivity contribution in [1.82, 2.24) is 4.98 Å². The molecule has 0 amide bonds. The van der Waals surface area contributed by atoms with Crippen molar-refractivity contribution >= 4 is 22.0 Å². The van der Waals surface area contributed by atoms with Crippen molar-refractivity contribution < 1.29 is 4.39 Å². The molecule has 1 atom stereocenters. The lowest BCUT2D eigenvalue weighted by Gasteiger charge is -2.09. The lowest BCUT2D eigenvalue weighted by atomic mass is 10.0. The highest BCUT2D eigenvalue weighted by atomic mass is 32.1. The maximum absolute atomic E-state index is 13.0. The second kappa shape index (κ2) is 3.30. The fourth-order valence-corrected chi connectivity index (χ4v) is 1.98. The number of rotatable bonds is 1. The number of aromatic nitrogens is 1. The van der Waals surface area contributed by atoms with E-state index in [4.69, 9.17) is 5.73 Å². The molecular formula is C9H9FN2S. The zero-order valence-electron chi connectivity index (χ0n) is 6.90. The summed E-state index contributed by atoms with van der Waals surface area (Å²) in [5.41, 5.74) is 6.46. The molecule has 1 aromatic heterocycles. The van der Waals surface area contributed by atoms with E-state index in [2.05, 4.69) is 4.98 Å². The van der Waals surface area contributed by atoms with Crippen LogP contribution in [0, 0.1) is 0 Å². The standard InChI is InChI=1S/C9H9FN2S/c10-7-3-1-2-6(4-7)8-5-12-9(11)13-8/h1-3,5,7H,4H2,(H2,11,12). The molecule has 0 saturated carbocycles. The van der Waals surface area contributed by atoms with Gasteiger partial charge in [0.1, 0.15) is 6.17 Å². The molecule has 1 aromatic rings. The smallest absolute Gasteiger partial charge is 0.180 e. The quantitative estimate of drug-likeness (QED) is 0.749. The van der Waals surface area contributed by atoms with Gasteiger partial charge in [-0.2, -0.15) is 0 Å². The average molecular weight is 196 g/mol. The van der Waals surface area contributed by atoms with Gasteiger partial charge in [-0.3, -0.25) is 0 Å². The van der Waals surface area contributed by atoms with Crippen LogP contribution in [-0.4, -0.2) is 11.2 Å². The predicted octanol–water partition coefficient (Wildman–Crippen LogP) is 2.41. The third kappa shape index (κ3) is 1.78. The van der Waals surface area contributed by atoms with Crippen molar-refractivity contribution in [2.75, 3.05) is 5.73 Å². The van der Waals surface area contributed by atoms with E-state index in [0.717, 1.165) is 10.5 Å². The monoisotopic (exact) mass is 196 g/mol. The third-order valence-corrected chi connectivity index (χ3v) is 2.77. The van der Waals surface area contributed by atoms with E-state index in [9.17, 15) is 4.39 Å². The van der Waals surface area contributed by atoms with Crippen LogP contribution in [-0.2, 0) is 0 Å². The molecule has 0 spiro atoms. The molecule has 0 aromatic carbocycles. The SMILES string of the molecule is Nc1ncc(C2=CC=CC(F)C2)s1. The van der Waals surface area contributed by atoms with Crippen LogP contribution < -0.4 is 5.73 Å². The molecule has 1 unspecified atom stereocenters. The van der Waals surface area contributed by atoms with Crippen molar-refractivity contribution in [3.05, 3.63) is 29.3 Å². The van der Waals surface area contributed by atoms with Crippen LogP contribution >= 0.6 is 11.3 Å². The molecule has 0 bridgehead atoms.